The van der Waals surface area contributed by atoms with Crippen LogP contribution < -0.4 is 15.5 Å². The van der Waals surface area contributed by atoms with Crippen LogP contribution in [0.3, 0.4) is 0 Å². The number of hydrogen-bond acceptors (Lipinski definition) is 4. The summed E-state index contributed by atoms with van der Waals surface area (Å²) in [4.78, 5) is 6.94. The monoisotopic (exact) mass is 474 g/mol. The fourth-order valence-corrected chi connectivity index (χ4v) is 4.24. The molecule has 2 aromatic heterocycles. The van der Waals surface area contributed by atoms with E-state index in [0.717, 1.165) is 48.1 Å². The first kappa shape index (κ1) is 21.5. The molecular formula is C26H23ClN4OS. The molecule has 0 saturated heterocycles. The molecule has 5 nitrogen and oxygen atoms in total. The summed E-state index contributed by atoms with van der Waals surface area (Å²) < 4.78 is 5.91. The molecule has 4 aromatic rings. The number of rotatable bonds is 5. The van der Waals surface area contributed by atoms with Crippen LogP contribution in [0.5, 0.6) is 0 Å². The number of benzene rings is 2. The van der Waals surface area contributed by atoms with Crippen molar-refractivity contribution in [2.75, 3.05) is 16.8 Å². The van der Waals surface area contributed by atoms with Crippen molar-refractivity contribution in [1.82, 2.24) is 10.3 Å². The number of fused-ring (bicyclic) bond motifs is 1. The Bertz CT molecular complexity index is 1250. The van der Waals surface area contributed by atoms with Crippen LogP contribution in [-0.2, 0) is 19.5 Å². The van der Waals surface area contributed by atoms with Crippen LogP contribution >= 0.6 is 23.8 Å². The van der Waals surface area contributed by atoms with E-state index in [9.17, 15) is 0 Å². The van der Waals surface area contributed by atoms with Gasteiger partial charge in [-0.05, 0) is 78.3 Å². The van der Waals surface area contributed by atoms with Gasteiger partial charge in [-0.1, -0.05) is 35.9 Å². The first-order valence-electron chi connectivity index (χ1n) is 10.8. The molecule has 0 amide bonds. The summed E-state index contributed by atoms with van der Waals surface area (Å²) in [5.41, 5.74) is 4.63. The van der Waals surface area contributed by atoms with Crippen molar-refractivity contribution in [1.29, 1.82) is 0 Å². The second-order valence-corrected chi connectivity index (χ2v) is 8.77. The summed E-state index contributed by atoms with van der Waals surface area (Å²) in [6.45, 7) is 2.34. The van der Waals surface area contributed by atoms with Crippen molar-refractivity contribution < 1.29 is 4.42 Å². The van der Waals surface area contributed by atoms with Crippen LogP contribution in [0.1, 0.15) is 16.9 Å². The average Bonchev–Trinajstić information content (AvgIpc) is 3.32. The second kappa shape index (κ2) is 9.65. The minimum absolute atomic E-state index is 0.484. The zero-order chi connectivity index (χ0) is 22.6. The Morgan fingerprint density at radius 3 is 2.61 bits per heavy atom. The Balaban J connectivity index is 1.14. The van der Waals surface area contributed by atoms with E-state index in [2.05, 4.69) is 44.8 Å². The minimum Gasteiger partial charge on any atom is -0.459 e. The van der Waals surface area contributed by atoms with E-state index in [-0.39, 0.29) is 0 Å². The molecule has 0 radical (unpaired) electrons. The number of halogens is 1. The standard InChI is InChI=1S/C26H23ClN4OS/c27-21-7-5-19(6-8-21)24-11-10-23(32-24)16-29-26(33)30-22-9-12-25(28-15-22)31-14-13-18-3-1-2-4-20(18)17-31/h1-12,15H,13-14,16-17H2,(H2,29,30,33). The van der Waals surface area contributed by atoms with Crippen LogP contribution in [0.2, 0.25) is 5.02 Å². The third kappa shape index (κ3) is 5.18. The van der Waals surface area contributed by atoms with Crippen LogP contribution in [0.4, 0.5) is 11.5 Å². The van der Waals surface area contributed by atoms with Crippen molar-refractivity contribution in [3.63, 3.8) is 0 Å². The van der Waals surface area contributed by atoms with Gasteiger partial charge in [0.15, 0.2) is 5.11 Å². The third-order valence-electron chi connectivity index (χ3n) is 5.67. The molecule has 1 aliphatic rings. The Morgan fingerprint density at radius 2 is 1.82 bits per heavy atom. The number of hydrogen-bond donors (Lipinski definition) is 2. The fraction of sp³-hybridized carbons (Fsp3) is 0.154. The molecule has 5 rings (SSSR count). The van der Waals surface area contributed by atoms with Gasteiger partial charge in [0, 0.05) is 23.7 Å². The van der Waals surface area contributed by atoms with E-state index in [1.807, 2.05) is 54.7 Å². The molecule has 0 atom stereocenters. The van der Waals surface area contributed by atoms with Gasteiger partial charge in [-0.15, -0.1) is 0 Å². The normalized spacial score (nSPS) is 12.8. The van der Waals surface area contributed by atoms with Crippen LogP contribution in [0.25, 0.3) is 11.3 Å². The van der Waals surface area contributed by atoms with E-state index in [1.54, 1.807) is 0 Å². The number of nitrogens with zero attached hydrogens (tertiary/aromatic N) is 2. The van der Waals surface area contributed by atoms with E-state index in [4.69, 9.17) is 28.2 Å². The van der Waals surface area contributed by atoms with Gasteiger partial charge in [-0.2, -0.15) is 0 Å². The zero-order valence-electron chi connectivity index (χ0n) is 17.9. The first-order valence-corrected chi connectivity index (χ1v) is 11.6. The Hall–Kier alpha value is -3.35. The number of furan rings is 1. The van der Waals surface area contributed by atoms with Gasteiger partial charge in [0.2, 0.25) is 0 Å². The highest BCUT2D eigenvalue weighted by molar-refractivity contribution is 7.80. The molecule has 7 heteroatoms. The average molecular weight is 475 g/mol. The lowest BCUT2D eigenvalue weighted by molar-refractivity contribution is 0.516. The number of nitrogens with one attached hydrogen (secondary N) is 2. The molecule has 2 aromatic carbocycles. The van der Waals surface area contributed by atoms with E-state index in [1.165, 1.54) is 11.1 Å². The maximum Gasteiger partial charge on any atom is 0.171 e. The van der Waals surface area contributed by atoms with Crippen LogP contribution in [0, 0.1) is 0 Å². The highest BCUT2D eigenvalue weighted by Crippen LogP contribution is 2.25. The predicted octanol–water partition coefficient (Wildman–Crippen LogP) is 6.04. The largest absolute Gasteiger partial charge is 0.459 e. The van der Waals surface area contributed by atoms with E-state index < -0.39 is 0 Å². The molecular weight excluding hydrogens is 452 g/mol. The van der Waals surface area contributed by atoms with Gasteiger partial charge >= 0.3 is 0 Å². The van der Waals surface area contributed by atoms with Gasteiger partial charge in [0.25, 0.3) is 0 Å². The lowest BCUT2D eigenvalue weighted by Crippen LogP contribution is -2.31. The highest BCUT2D eigenvalue weighted by Gasteiger charge is 2.16. The minimum atomic E-state index is 0.484. The summed E-state index contributed by atoms with van der Waals surface area (Å²) in [7, 11) is 0. The maximum atomic E-state index is 5.95. The zero-order valence-corrected chi connectivity index (χ0v) is 19.5. The van der Waals surface area contributed by atoms with Crippen LogP contribution in [-0.4, -0.2) is 16.6 Å². The molecule has 2 N–H and O–H groups in total. The van der Waals surface area contributed by atoms with Gasteiger partial charge in [-0.25, -0.2) is 4.98 Å². The number of anilines is 2. The summed E-state index contributed by atoms with van der Waals surface area (Å²) in [6, 6.07) is 24.1. The highest BCUT2D eigenvalue weighted by atomic mass is 35.5. The number of aromatic nitrogens is 1. The van der Waals surface area contributed by atoms with Crippen molar-refractivity contribution in [3.8, 4) is 11.3 Å². The summed E-state index contributed by atoms with van der Waals surface area (Å²) >= 11 is 11.4. The molecule has 0 saturated carbocycles. The Labute approximate surface area is 203 Å². The molecule has 0 bridgehead atoms. The van der Waals surface area contributed by atoms with Crippen molar-refractivity contribution in [2.45, 2.75) is 19.5 Å². The third-order valence-corrected chi connectivity index (χ3v) is 6.17. The lowest BCUT2D eigenvalue weighted by Gasteiger charge is -2.29. The van der Waals surface area contributed by atoms with Crippen molar-refractivity contribution in [2.24, 2.45) is 0 Å². The molecule has 0 spiro atoms. The fourth-order valence-electron chi connectivity index (χ4n) is 3.92. The SMILES string of the molecule is S=C(NCc1ccc(-c2ccc(Cl)cc2)o1)Nc1ccc(N2CCc3ccccc3C2)nc1. The maximum absolute atomic E-state index is 5.95. The van der Waals surface area contributed by atoms with Gasteiger partial charge in [0.1, 0.15) is 17.3 Å². The summed E-state index contributed by atoms with van der Waals surface area (Å²) in [5, 5.41) is 7.58. The molecule has 33 heavy (non-hydrogen) atoms. The van der Waals surface area contributed by atoms with Crippen LogP contribution in [0.15, 0.2) is 83.4 Å². The summed E-state index contributed by atoms with van der Waals surface area (Å²) in [6.07, 6.45) is 2.85. The smallest absolute Gasteiger partial charge is 0.171 e. The quantitative estimate of drug-likeness (QED) is 0.344. The number of thiocarbonyl (C=S) groups is 1. The van der Waals surface area contributed by atoms with E-state index in [0.29, 0.717) is 16.7 Å². The molecule has 0 aliphatic carbocycles. The number of pyridine rings is 1. The molecule has 3 heterocycles. The molecule has 166 valence electrons. The Morgan fingerprint density at radius 1 is 1.00 bits per heavy atom. The molecule has 1 aliphatic heterocycles. The molecule has 0 unspecified atom stereocenters. The predicted molar refractivity (Wildman–Crippen MR) is 138 cm³/mol. The second-order valence-electron chi connectivity index (χ2n) is 7.93. The molecule has 0 fully saturated rings. The van der Waals surface area contributed by atoms with E-state index >= 15 is 0 Å². The van der Waals surface area contributed by atoms with Gasteiger partial charge in [-0.3, -0.25) is 0 Å². The topological polar surface area (TPSA) is 53.3 Å². The van der Waals surface area contributed by atoms with Crippen molar-refractivity contribution in [3.05, 3.63) is 101 Å². The first-order chi connectivity index (χ1) is 16.1. The van der Waals surface area contributed by atoms with Crippen molar-refractivity contribution >= 4 is 40.4 Å². The lowest BCUT2D eigenvalue weighted by atomic mass is 10.00. The summed E-state index contributed by atoms with van der Waals surface area (Å²) in [5.74, 6) is 2.56. The van der Waals surface area contributed by atoms with Gasteiger partial charge < -0.3 is 20.0 Å². The van der Waals surface area contributed by atoms with Gasteiger partial charge in [0.05, 0.1) is 18.4 Å². The Kier molecular flexibility index (Phi) is 6.28.